The van der Waals surface area contributed by atoms with E-state index in [1.165, 1.54) is 36.4 Å². The summed E-state index contributed by atoms with van der Waals surface area (Å²) in [6.45, 7) is 1.77. The van der Waals surface area contributed by atoms with Crippen LogP contribution in [0.15, 0.2) is 54.6 Å². The highest BCUT2D eigenvalue weighted by molar-refractivity contribution is 6.35. The molecule has 4 N–H and O–H groups in total. The van der Waals surface area contributed by atoms with Gasteiger partial charge in [0.15, 0.2) is 11.5 Å². The molecule has 4 atom stereocenters. The molecule has 0 bridgehead atoms. The molecule has 194 valence electrons. The number of halogens is 2. The number of hydrogen-bond donors (Lipinski definition) is 4. The lowest BCUT2D eigenvalue weighted by molar-refractivity contribution is -0.143. The fraction of sp³-hybridized carbons (Fsp3) is 0.250. The zero-order valence-electron chi connectivity index (χ0n) is 20.2. The van der Waals surface area contributed by atoms with E-state index in [-0.39, 0.29) is 24.5 Å². The van der Waals surface area contributed by atoms with Crippen LogP contribution in [0.2, 0.25) is 5.02 Å². The molecule has 0 radical (unpaired) electrons. The SMILES string of the molecule is Cc1cc(Cl)c2c(c1)[C@]1(N[C@H](Cc3ccc(O)c(O)c3)[C@H]3C(=O)N(Cc4ccc(F)cc4)C(=O)[C@H]31)C(=O)N2. The van der Waals surface area contributed by atoms with Gasteiger partial charge in [-0.25, -0.2) is 4.39 Å². The maximum absolute atomic E-state index is 14.0. The van der Waals surface area contributed by atoms with E-state index < -0.39 is 47.0 Å². The van der Waals surface area contributed by atoms with Crippen molar-refractivity contribution in [2.24, 2.45) is 11.8 Å². The van der Waals surface area contributed by atoms with Crippen molar-refractivity contribution in [2.45, 2.75) is 31.5 Å². The summed E-state index contributed by atoms with van der Waals surface area (Å²) < 4.78 is 13.5. The average molecular weight is 536 g/mol. The predicted molar refractivity (Wildman–Crippen MR) is 136 cm³/mol. The minimum Gasteiger partial charge on any atom is -0.504 e. The van der Waals surface area contributed by atoms with Gasteiger partial charge in [-0.3, -0.25) is 24.6 Å². The molecule has 6 rings (SSSR count). The highest BCUT2D eigenvalue weighted by atomic mass is 35.5. The van der Waals surface area contributed by atoms with Crippen LogP contribution in [0, 0.1) is 24.6 Å². The third-order valence-corrected chi connectivity index (χ3v) is 8.06. The molecule has 3 aromatic rings. The molecule has 10 heteroatoms. The van der Waals surface area contributed by atoms with Crippen molar-refractivity contribution in [1.29, 1.82) is 0 Å². The van der Waals surface area contributed by atoms with Crippen LogP contribution in [0.25, 0.3) is 0 Å². The van der Waals surface area contributed by atoms with Gasteiger partial charge in [-0.15, -0.1) is 0 Å². The minimum absolute atomic E-state index is 0.0587. The van der Waals surface area contributed by atoms with Crippen LogP contribution >= 0.6 is 11.6 Å². The molecule has 3 aromatic carbocycles. The Labute approximate surface area is 222 Å². The van der Waals surface area contributed by atoms with Crippen LogP contribution < -0.4 is 10.6 Å². The Morgan fingerprint density at radius 2 is 1.68 bits per heavy atom. The van der Waals surface area contributed by atoms with E-state index in [9.17, 15) is 29.0 Å². The first-order valence-corrected chi connectivity index (χ1v) is 12.5. The predicted octanol–water partition coefficient (Wildman–Crippen LogP) is 3.36. The fourth-order valence-electron chi connectivity index (χ4n) is 6.11. The van der Waals surface area contributed by atoms with Crippen LogP contribution in [-0.4, -0.2) is 38.9 Å². The normalized spacial score (nSPS) is 25.7. The van der Waals surface area contributed by atoms with E-state index in [2.05, 4.69) is 10.6 Å². The van der Waals surface area contributed by atoms with E-state index in [1.54, 1.807) is 18.2 Å². The Hall–Kier alpha value is -3.95. The van der Waals surface area contributed by atoms with Gasteiger partial charge in [0.1, 0.15) is 11.4 Å². The topological polar surface area (TPSA) is 119 Å². The minimum atomic E-state index is -1.54. The van der Waals surface area contributed by atoms with E-state index >= 15 is 0 Å². The second kappa shape index (κ2) is 8.54. The summed E-state index contributed by atoms with van der Waals surface area (Å²) in [5.41, 5.74) is 1.33. The van der Waals surface area contributed by atoms with Crippen molar-refractivity contribution in [3.05, 3.63) is 87.7 Å². The zero-order valence-corrected chi connectivity index (χ0v) is 20.9. The van der Waals surface area contributed by atoms with Crippen molar-refractivity contribution in [3.8, 4) is 11.5 Å². The Morgan fingerprint density at radius 3 is 2.39 bits per heavy atom. The summed E-state index contributed by atoms with van der Waals surface area (Å²) in [7, 11) is 0. The van der Waals surface area contributed by atoms with Gasteiger partial charge < -0.3 is 15.5 Å². The maximum Gasteiger partial charge on any atom is 0.250 e. The molecule has 2 fully saturated rings. The number of anilines is 1. The molecule has 8 nitrogen and oxygen atoms in total. The monoisotopic (exact) mass is 535 g/mol. The van der Waals surface area contributed by atoms with E-state index in [1.807, 2.05) is 6.92 Å². The smallest absolute Gasteiger partial charge is 0.250 e. The number of nitrogens with one attached hydrogen (secondary N) is 2. The third-order valence-electron chi connectivity index (χ3n) is 7.76. The molecule has 3 aliphatic rings. The van der Waals surface area contributed by atoms with Crippen LogP contribution in [0.4, 0.5) is 10.1 Å². The van der Waals surface area contributed by atoms with Crippen molar-refractivity contribution in [2.75, 3.05) is 5.32 Å². The molecule has 3 heterocycles. The van der Waals surface area contributed by atoms with Crippen molar-refractivity contribution in [3.63, 3.8) is 0 Å². The Bertz CT molecular complexity index is 1530. The number of aryl methyl sites for hydroxylation is 1. The van der Waals surface area contributed by atoms with Gasteiger partial charge in [-0.1, -0.05) is 35.9 Å². The van der Waals surface area contributed by atoms with E-state index in [4.69, 9.17) is 11.6 Å². The number of phenolic OH excluding ortho intramolecular Hbond substituents is 2. The van der Waals surface area contributed by atoms with Crippen LogP contribution in [0.1, 0.15) is 22.3 Å². The number of aromatic hydroxyl groups is 2. The van der Waals surface area contributed by atoms with Gasteiger partial charge in [0.05, 0.1) is 29.1 Å². The largest absolute Gasteiger partial charge is 0.504 e. The van der Waals surface area contributed by atoms with Crippen LogP contribution in [-0.2, 0) is 32.9 Å². The average Bonchev–Trinajstić information content (AvgIpc) is 3.44. The maximum atomic E-state index is 14.0. The molecule has 0 saturated carbocycles. The summed E-state index contributed by atoms with van der Waals surface area (Å²) in [6, 6.07) is 12.7. The first-order valence-electron chi connectivity index (χ1n) is 12.1. The van der Waals surface area contributed by atoms with Crippen LogP contribution in [0.5, 0.6) is 11.5 Å². The highest BCUT2D eigenvalue weighted by Gasteiger charge is 2.70. The first-order chi connectivity index (χ1) is 18.1. The number of imide groups is 1. The summed E-state index contributed by atoms with van der Waals surface area (Å²) in [5, 5.41) is 26.2. The molecular weight excluding hydrogens is 513 g/mol. The van der Waals surface area contributed by atoms with E-state index in [0.29, 0.717) is 27.4 Å². The van der Waals surface area contributed by atoms with Gasteiger partial charge >= 0.3 is 0 Å². The summed E-state index contributed by atoms with van der Waals surface area (Å²) in [5.74, 6) is -4.40. The molecule has 3 aliphatic heterocycles. The number of hydrogen-bond acceptors (Lipinski definition) is 6. The second-order valence-electron chi connectivity index (χ2n) is 10.1. The molecular formula is C28H23ClFN3O5. The number of carbonyl (C=O) groups excluding carboxylic acids is 3. The van der Waals surface area contributed by atoms with Gasteiger partial charge in [-0.05, 0) is 60.4 Å². The quantitative estimate of drug-likeness (QED) is 0.300. The van der Waals surface area contributed by atoms with Gasteiger partial charge in [-0.2, -0.15) is 0 Å². The molecule has 2 saturated heterocycles. The Kier molecular flexibility index (Phi) is 5.48. The van der Waals surface area contributed by atoms with Crippen molar-refractivity contribution in [1.82, 2.24) is 10.2 Å². The number of rotatable bonds is 4. The zero-order chi connectivity index (χ0) is 26.9. The number of likely N-dealkylation sites (tertiary alicyclic amines) is 1. The Balaban J connectivity index is 1.46. The van der Waals surface area contributed by atoms with E-state index in [0.717, 1.165) is 10.5 Å². The van der Waals surface area contributed by atoms with Crippen molar-refractivity contribution < 1.29 is 29.0 Å². The number of fused-ring (bicyclic) bond motifs is 4. The lowest BCUT2D eigenvalue weighted by Crippen LogP contribution is -2.53. The summed E-state index contributed by atoms with van der Waals surface area (Å²) in [6.07, 6.45) is 0.197. The van der Waals surface area contributed by atoms with Gasteiger partial charge in [0, 0.05) is 11.6 Å². The standard InChI is InChI=1S/C28H23ClFN3O5/c1-13-8-17-24(18(29)9-13)31-27(38)28(17)23-22(19(32-28)10-15-4-7-20(34)21(35)11-15)25(36)33(26(23)37)12-14-2-5-16(30)6-3-14/h2-9,11,19,22-23,32,34-35H,10,12H2,1H3,(H,31,38)/t19-,22-,23+,28-/m1/s1. The fourth-order valence-corrected chi connectivity index (χ4v) is 6.43. The third kappa shape index (κ3) is 3.49. The number of nitrogens with zero attached hydrogens (tertiary/aromatic N) is 1. The van der Waals surface area contributed by atoms with Crippen molar-refractivity contribution >= 4 is 35.0 Å². The first kappa shape index (κ1) is 24.4. The summed E-state index contributed by atoms with van der Waals surface area (Å²) in [4.78, 5) is 42.6. The number of phenols is 2. The molecule has 1 spiro atoms. The number of benzene rings is 3. The van der Waals surface area contributed by atoms with Gasteiger partial charge in [0.25, 0.3) is 0 Å². The lowest BCUT2D eigenvalue weighted by Gasteiger charge is -2.30. The molecule has 0 aromatic heterocycles. The Morgan fingerprint density at radius 1 is 0.974 bits per heavy atom. The molecule has 0 unspecified atom stereocenters. The second-order valence-corrected chi connectivity index (χ2v) is 10.5. The summed E-state index contributed by atoms with van der Waals surface area (Å²) >= 11 is 6.47. The highest BCUT2D eigenvalue weighted by Crippen LogP contribution is 2.55. The number of carbonyl (C=O) groups is 3. The number of amides is 3. The molecule has 38 heavy (non-hydrogen) atoms. The van der Waals surface area contributed by atoms with Crippen LogP contribution in [0.3, 0.4) is 0 Å². The molecule has 0 aliphatic carbocycles. The molecule has 3 amide bonds. The van der Waals surface area contributed by atoms with Gasteiger partial charge in [0.2, 0.25) is 17.7 Å². The lowest BCUT2D eigenvalue weighted by atomic mass is 9.76.